The number of hydrogen-bond acceptors (Lipinski definition) is 3. The highest BCUT2D eigenvalue weighted by Crippen LogP contribution is 2.64. The topological polar surface area (TPSA) is 51.2 Å². The fourth-order valence-electron chi connectivity index (χ4n) is 5.53. The molecule has 2 unspecified atom stereocenters. The van der Waals surface area contributed by atoms with Gasteiger partial charge in [0.05, 0.1) is 14.3 Å². The van der Waals surface area contributed by atoms with Crippen molar-refractivity contribution in [1.29, 1.82) is 0 Å². The van der Waals surface area contributed by atoms with E-state index in [0.29, 0.717) is 24.6 Å². The molecule has 5 heteroatoms. The van der Waals surface area contributed by atoms with Crippen molar-refractivity contribution >= 4 is 20.1 Å². The Bertz CT molecular complexity index is 914. The Morgan fingerprint density at radius 2 is 0.842 bits per heavy atom. The number of carbonyl (C=O) groups is 1. The quantitative estimate of drug-likeness (QED) is 0.152. The van der Waals surface area contributed by atoms with Crippen molar-refractivity contribution in [3.05, 3.63) is 71.8 Å². The van der Waals surface area contributed by atoms with Gasteiger partial charge in [0, 0.05) is 48.8 Å². The van der Waals surface area contributed by atoms with Gasteiger partial charge in [-0.1, -0.05) is 114 Å². The number of carbonyl (C=O) groups excluding carboxylic acids is 1. The molecule has 0 aliphatic carbocycles. The summed E-state index contributed by atoms with van der Waals surface area (Å²) < 4.78 is 29.2. The predicted molar refractivity (Wildman–Crippen MR) is 167 cm³/mol. The Hall–Kier alpha value is -1.43. The van der Waals surface area contributed by atoms with Gasteiger partial charge in [0.25, 0.3) is 0 Å². The van der Waals surface area contributed by atoms with Gasteiger partial charge in [0.1, 0.15) is 5.78 Å². The van der Waals surface area contributed by atoms with Crippen LogP contribution >= 0.6 is 14.3 Å². The van der Waals surface area contributed by atoms with E-state index in [1.807, 2.05) is 60.7 Å². The first kappa shape index (κ1) is 32.8. The van der Waals surface area contributed by atoms with Crippen molar-refractivity contribution in [3.63, 3.8) is 0 Å². The van der Waals surface area contributed by atoms with Crippen molar-refractivity contribution in [1.82, 2.24) is 0 Å². The standard InChI is InChI=1S/C33H52O3P2/c1-5-9-23-37(35,24-10-6-2)32(29-19-15-13-16-20-29)27-31(34)28-33(30-21-17-14-18-22-30)38(36,25-11-7-3)26-12-8-4/h13-22,32-33H,5-12,23-28H2,1-4H3. The van der Waals surface area contributed by atoms with E-state index in [2.05, 4.69) is 27.7 Å². The molecule has 212 valence electrons. The largest absolute Gasteiger partial charge is 0.323 e. The summed E-state index contributed by atoms with van der Waals surface area (Å²) in [6, 6.07) is 20.1. The zero-order chi connectivity index (χ0) is 27.9. The van der Waals surface area contributed by atoms with E-state index in [1.165, 1.54) is 0 Å². The summed E-state index contributed by atoms with van der Waals surface area (Å²) in [6.45, 7) is 8.56. The van der Waals surface area contributed by atoms with Crippen molar-refractivity contribution in [2.45, 2.75) is 103 Å². The molecule has 0 aromatic heterocycles. The molecule has 0 aliphatic rings. The van der Waals surface area contributed by atoms with Crippen LogP contribution in [0.1, 0.15) is 114 Å². The van der Waals surface area contributed by atoms with Crippen LogP contribution in [0.25, 0.3) is 0 Å². The molecular formula is C33H52O3P2. The SMILES string of the molecule is CCCCP(=O)(CCCC)C(CC(=O)CC(c1ccccc1)P(=O)(CCCC)CCCC)c1ccccc1. The molecule has 0 saturated heterocycles. The third-order valence-corrected chi connectivity index (χ3v) is 15.4. The first-order valence-electron chi connectivity index (χ1n) is 15.1. The summed E-state index contributed by atoms with van der Waals surface area (Å²) in [7, 11) is -5.24. The molecule has 0 N–H and O–H groups in total. The monoisotopic (exact) mass is 558 g/mol. The van der Waals surface area contributed by atoms with E-state index in [4.69, 9.17) is 0 Å². The number of hydrogen-bond donors (Lipinski definition) is 0. The zero-order valence-electron chi connectivity index (χ0n) is 24.4. The van der Waals surface area contributed by atoms with Crippen LogP contribution in [0.2, 0.25) is 0 Å². The van der Waals surface area contributed by atoms with Crippen LogP contribution in [-0.4, -0.2) is 30.4 Å². The Morgan fingerprint density at radius 1 is 0.553 bits per heavy atom. The molecule has 0 saturated carbocycles. The van der Waals surface area contributed by atoms with Crippen molar-refractivity contribution in [2.24, 2.45) is 0 Å². The average molecular weight is 559 g/mol. The molecule has 38 heavy (non-hydrogen) atoms. The molecule has 0 radical (unpaired) electrons. The second-order valence-electron chi connectivity index (χ2n) is 11.0. The van der Waals surface area contributed by atoms with Crippen LogP contribution in [0.4, 0.5) is 0 Å². The maximum atomic E-state index is 14.6. The Morgan fingerprint density at radius 3 is 1.11 bits per heavy atom. The second kappa shape index (κ2) is 17.3. The first-order chi connectivity index (χ1) is 18.3. The Labute approximate surface area is 233 Å². The molecule has 3 nitrogen and oxygen atoms in total. The summed E-state index contributed by atoms with van der Waals surface area (Å²) in [5.74, 6) is 0.106. The number of Topliss-reactive ketones (excluding diaryl/α,β-unsaturated/α-hetero) is 1. The van der Waals surface area contributed by atoms with Crippen LogP contribution < -0.4 is 0 Å². The van der Waals surface area contributed by atoms with Crippen LogP contribution in [0.5, 0.6) is 0 Å². The third-order valence-electron chi connectivity index (χ3n) is 7.91. The summed E-state index contributed by atoms with van der Waals surface area (Å²) in [6.07, 6.45) is 11.0. The Balaban J connectivity index is 2.44. The Kier molecular flexibility index (Phi) is 14.9. The lowest BCUT2D eigenvalue weighted by Gasteiger charge is -2.31. The molecule has 0 heterocycles. The number of ketones is 1. The minimum atomic E-state index is -2.62. The molecule has 0 amide bonds. The van der Waals surface area contributed by atoms with Gasteiger partial charge in [0.2, 0.25) is 0 Å². The molecule has 2 aromatic rings. The molecule has 0 spiro atoms. The van der Waals surface area contributed by atoms with Gasteiger partial charge in [-0.05, 0) is 36.8 Å². The molecule has 0 aliphatic heterocycles. The lowest BCUT2D eigenvalue weighted by molar-refractivity contribution is -0.119. The highest BCUT2D eigenvalue weighted by molar-refractivity contribution is 7.64. The highest BCUT2D eigenvalue weighted by atomic mass is 31.2. The molecular weight excluding hydrogens is 506 g/mol. The lowest BCUT2D eigenvalue weighted by atomic mass is 10.0. The molecule has 2 atom stereocenters. The van der Waals surface area contributed by atoms with E-state index < -0.39 is 14.3 Å². The predicted octanol–water partition coefficient (Wildman–Crippen LogP) is 10.7. The molecule has 2 rings (SSSR count). The summed E-state index contributed by atoms with van der Waals surface area (Å²) in [4.78, 5) is 14.0. The molecule has 2 aromatic carbocycles. The number of benzene rings is 2. The van der Waals surface area contributed by atoms with E-state index in [1.54, 1.807) is 0 Å². The maximum Gasteiger partial charge on any atom is 0.135 e. The fourth-order valence-corrected chi connectivity index (χ4v) is 13.1. The normalized spacial score (nSPS) is 13.8. The van der Waals surface area contributed by atoms with Crippen LogP contribution in [0, 0.1) is 0 Å². The van der Waals surface area contributed by atoms with Crippen molar-refractivity contribution < 1.29 is 13.9 Å². The zero-order valence-corrected chi connectivity index (χ0v) is 26.2. The van der Waals surface area contributed by atoms with E-state index in [-0.39, 0.29) is 29.9 Å². The van der Waals surface area contributed by atoms with Crippen LogP contribution in [-0.2, 0) is 13.9 Å². The van der Waals surface area contributed by atoms with Gasteiger partial charge >= 0.3 is 0 Å². The summed E-state index contributed by atoms with van der Waals surface area (Å²) in [5.41, 5.74) is 1.54. The lowest BCUT2D eigenvalue weighted by Crippen LogP contribution is -2.16. The van der Waals surface area contributed by atoms with Gasteiger partial charge in [-0.15, -0.1) is 0 Å². The van der Waals surface area contributed by atoms with E-state index in [9.17, 15) is 13.9 Å². The van der Waals surface area contributed by atoms with Gasteiger partial charge in [-0.3, -0.25) is 4.79 Å². The number of unbranched alkanes of at least 4 members (excludes halogenated alkanes) is 4. The molecule has 0 fully saturated rings. The van der Waals surface area contributed by atoms with Gasteiger partial charge < -0.3 is 9.13 Å². The highest BCUT2D eigenvalue weighted by Gasteiger charge is 2.38. The van der Waals surface area contributed by atoms with Crippen molar-refractivity contribution in [2.75, 3.05) is 24.6 Å². The smallest absolute Gasteiger partial charge is 0.135 e. The minimum absolute atomic E-state index is 0.106. The van der Waals surface area contributed by atoms with Crippen molar-refractivity contribution in [3.8, 4) is 0 Å². The average Bonchev–Trinajstić information content (AvgIpc) is 2.95. The van der Waals surface area contributed by atoms with Gasteiger partial charge in [-0.25, -0.2) is 0 Å². The van der Waals surface area contributed by atoms with Gasteiger partial charge in [-0.2, -0.15) is 0 Å². The minimum Gasteiger partial charge on any atom is -0.323 e. The fraction of sp³-hybridized carbons (Fsp3) is 0.606. The second-order valence-corrected chi connectivity index (χ2v) is 17.9. The molecule has 0 bridgehead atoms. The van der Waals surface area contributed by atoms with Gasteiger partial charge in [0.15, 0.2) is 0 Å². The first-order valence-corrected chi connectivity index (χ1v) is 19.4. The van der Waals surface area contributed by atoms with Crippen LogP contribution in [0.15, 0.2) is 60.7 Å². The summed E-state index contributed by atoms with van der Waals surface area (Å²) >= 11 is 0. The summed E-state index contributed by atoms with van der Waals surface area (Å²) in [5, 5.41) is 0. The van der Waals surface area contributed by atoms with Crippen LogP contribution in [0.3, 0.4) is 0 Å². The maximum absolute atomic E-state index is 14.6. The number of rotatable bonds is 20. The van der Waals surface area contributed by atoms with E-state index >= 15 is 0 Å². The third kappa shape index (κ3) is 9.95. The van der Waals surface area contributed by atoms with E-state index in [0.717, 1.165) is 62.5 Å².